The van der Waals surface area contributed by atoms with Crippen LogP contribution >= 0.6 is 12.6 Å². The van der Waals surface area contributed by atoms with Crippen LogP contribution in [0.5, 0.6) is 11.5 Å². The monoisotopic (exact) mass is 475 g/mol. The van der Waals surface area contributed by atoms with Crippen molar-refractivity contribution in [3.63, 3.8) is 0 Å². The number of hydrogen-bond acceptors (Lipinski definition) is 2. The minimum Gasteiger partial charge on any atom is -0.662 e. The average Bonchev–Trinajstić information content (AvgIpc) is 3.59. The molecule has 0 radical (unpaired) electrons. The van der Waals surface area contributed by atoms with Gasteiger partial charge in [-0.3, -0.25) is 0 Å². The van der Waals surface area contributed by atoms with E-state index >= 15 is 0 Å². The summed E-state index contributed by atoms with van der Waals surface area (Å²) in [6.07, 6.45) is 9.34. The van der Waals surface area contributed by atoms with E-state index in [1.165, 1.54) is 54.9 Å². The number of benzene rings is 3. The van der Waals surface area contributed by atoms with Crippen LogP contribution < -0.4 is 56.1 Å². The maximum atomic E-state index is 5.16. The predicted molar refractivity (Wildman–Crippen MR) is 139 cm³/mol. The van der Waals surface area contributed by atoms with Crippen molar-refractivity contribution in [3.8, 4) is 11.5 Å². The Morgan fingerprint density at radius 1 is 0.781 bits per heavy atom. The number of ether oxygens (including phenoxy) is 1. The van der Waals surface area contributed by atoms with E-state index in [1.54, 1.807) is 0 Å². The van der Waals surface area contributed by atoms with E-state index in [9.17, 15) is 0 Å². The minimum absolute atomic E-state index is 0. The molecular formula is C28H38KNOS. The van der Waals surface area contributed by atoms with Gasteiger partial charge in [-0.2, -0.15) is 6.54 Å². The van der Waals surface area contributed by atoms with Crippen LogP contribution in [-0.2, 0) is 6.42 Å². The van der Waals surface area contributed by atoms with Gasteiger partial charge in [0, 0.05) is 4.90 Å². The summed E-state index contributed by atoms with van der Waals surface area (Å²) in [5, 5.41) is 6.81. The van der Waals surface area contributed by atoms with Gasteiger partial charge in [0.05, 0.1) is 0 Å². The Morgan fingerprint density at radius 3 is 2.19 bits per heavy atom. The van der Waals surface area contributed by atoms with E-state index < -0.39 is 0 Å². The van der Waals surface area contributed by atoms with Crippen LogP contribution in [0.3, 0.4) is 0 Å². The predicted octanol–water partition coefficient (Wildman–Crippen LogP) is 6.23. The Morgan fingerprint density at radius 2 is 1.50 bits per heavy atom. The molecule has 3 aromatic rings. The van der Waals surface area contributed by atoms with Crippen molar-refractivity contribution in [1.29, 1.82) is 0 Å². The Hall–Kier alpha value is -0.334. The summed E-state index contributed by atoms with van der Waals surface area (Å²) >= 11 is 4.26. The largest absolute Gasteiger partial charge is 1.00 e. The summed E-state index contributed by atoms with van der Waals surface area (Å²) in [7, 11) is 0. The maximum Gasteiger partial charge on any atom is 1.00 e. The molecule has 0 bridgehead atoms. The van der Waals surface area contributed by atoms with E-state index in [0.717, 1.165) is 35.9 Å². The maximum absolute atomic E-state index is 5.16. The Bertz CT molecular complexity index is 891. The molecule has 0 saturated heterocycles. The van der Waals surface area contributed by atoms with Crippen LogP contribution in [-0.4, -0.2) is 13.1 Å². The van der Waals surface area contributed by atoms with Crippen molar-refractivity contribution in [2.24, 2.45) is 0 Å². The zero-order valence-electron chi connectivity index (χ0n) is 20.4. The SMILES string of the molecule is CCCCCCCC[N-]CC.CCc1cccc2c1O2.Sc1ccc2ccccc2c1.[K+]. The van der Waals surface area contributed by atoms with Crippen LogP contribution in [0, 0.1) is 0 Å². The second-order valence-electron chi connectivity index (χ2n) is 7.76. The molecule has 3 aromatic carbocycles. The summed E-state index contributed by atoms with van der Waals surface area (Å²) in [6.45, 7) is 8.58. The molecule has 32 heavy (non-hydrogen) atoms. The van der Waals surface area contributed by atoms with Crippen LogP contribution in [0.4, 0.5) is 0 Å². The number of nitrogens with zero attached hydrogens (tertiary/aromatic N) is 1. The molecule has 4 rings (SSSR count). The Kier molecular flexibility index (Phi) is 16.8. The summed E-state index contributed by atoms with van der Waals surface area (Å²) in [6, 6.07) is 20.6. The van der Waals surface area contributed by atoms with Gasteiger partial charge in [0.15, 0.2) is 11.5 Å². The summed E-state index contributed by atoms with van der Waals surface area (Å²) in [4.78, 5) is 1.02. The van der Waals surface area contributed by atoms with Crippen molar-refractivity contribution >= 4 is 23.4 Å². The number of unbranched alkanes of at least 4 members (excludes halogenated alkanes) is 5. The molecule has 0 saturated carbocycles. The first-order valence-electron chi connectivity index (χ1n) is 11.8. The standard InChI is InChI=1S/C10H22N.C10H8S.C8H8O.K/c1-3-5-6-7-8-9-10-11-4-2;11-10-6-5-8-3-1-2-4-9(8)7-10;1-2-6-4-3-5-7-8(6)9-7;/h3-10H2,1-2H3;1-7,11H;3-5H,2H2,1H3;/q-1;;;+1. The molecule has 0 amide bonds. The van der Waals surface area contributed by atoms with Gasteiger partial charge in [0.25, 0.3) is 0 Å². The number of fused-ring (bicyclic) bond motifs is 2. The van der Waals surface area contributed by atoms with Gasteiger partial charge in [-0.15, -0.1) is 19.2 Å². The molecule has 0 atom stereocenters. The van der Waals surface area contributed by atoms with E-state index in [1.807, 2.05) is 30.3 Å². The van der Waals surface area contributed by atoms with E-state index in [2.05, 4.69) is 69.0 Å². The fourth-order valence-corrected chi connectivity index (χ4v) is 3.58. The smallest absolute Gasteiger partial charge is 0.662 e. The third-order valence-corrected chi connectivity index (χ3v) is 5.52. The van der Waals surface area contributed by atoms with Crippen LogP contribution in [0.15, 0.2) is 65.6 Å². The Balaban J connectivity index is 0.000000237. The van der Waals surface area contributed by atoms with Gasteiger partial charge < -0.3 is 10.1 Å². The van der Waals surface area contributed by atoms with E-state index in [4.69, 9.17) is 4.74 Å². The first-order valence-corrected chi connectivity index (χ1v) is 12.2. The third-order valence-electron chi connectivity index (χ3n) is 5.24. The number of aryl methyl sites for hydroxylation is 1. The third kappa shape index (κ3) is 11.7. The average molecular weight is 476 g/mol. The first-order chi connectivity index (χ1) is 15.2. The molecule has 1 aliphatic rings. The number of para-hydroxylation sites is 1. The van der Waals surface area contributed by atoms with Crippen molar-refractivity contribution in [3.05, 3.63) is 71.5 Å². The molecule has 0 N–H and O–H groups in total. The van der Waals surface area contributed by atoms with Crippen molar-refractivity contribution in [2.45, 2.75) is 70.6 Å². The molecule has 0 aromatic heterocycles. The van der Waals surface area contributed by atoms with Gasteiger partial charge in [-0.25, -0.2) is 0 Å². The first kappa shape index (κ1) is 29.7. The van der Waals surface area contributed by atoms with Crippen LogP contribution in [0.2, 0.25) is 0 Å². The molecule has 4 heteroatoms. The van der Waals surface area contributed by atoms with Crippen molar-refractivity contribution in [2.75, 3.05) is 13.1 Å². The fraction of sp³-hybridized carbons (Fsp3) is 0.429. The summed E-state index contributed by atoms with van der Waals surface area (Å²) in [5.74, 6) is 2.18. The van der Waals surface area contributed by atoms with Gasteiger partial charge >= 0.3 is 51.4 Å². The second kappa shape index (κ2) is 18.1. The number of thiol groups is 1. The Labute approximate surface area is 243 Å². The molecular weight excluding hydrogens is 437 g/mol. The molecule has 1 heterocycles. The molecule has 2 nitrogen and oxygen atoms in total. The van der Waals surface area contributed by atoms with Crippen LogP contribution in [0.25, 0.3) is 16.1 Å². The minimum atomic E-state index is 0. The van der Waals surface area contributed by atoms with Gasteiger partial charge in [-0.05, 0) is 41.0 Å². The number of rotatable bonds is 9. The van der Waals surface area contributed by atoms with Gasteiger partial charge in [-0.1, -0.05) is 102 Å². The summed E-state index contributed by atoms with van der Waals surface area (Å²) < 4.78 is 5.16. The molecule has 1 aliphatic heterocycles. The van der Waals surface area contributed by atoms with Gasteiger partial charge in [0.2, 0.25) is 0 Å². The summed E-state index contributed by atoms with van der Waals surface area (Å²) in [5.41, 5.74) is 1.33. The zero-order valence-corrected chi connectivity index (χ0v) is 24.5. The normalized spacial score (nSPS) is 10.5. The topological polar surface area (TPSA) is 26.6 Å². The quantitative estimate of drug-likeness (QED) is 0.132. The van der Waals surface area contributed by atoms with E-state index in [-0.39, 0.29) is 51.4 Å². The van der Waals surface area contributed by atoms with Crippen molar-refractivity contribution in [1.82, 2.24) is 0 Å². The molecule has 168 valence electrons. The van der Waals surface area contributed by atoms with E-state index in [0.29, 0.717) is 0 Å². The molecule has 0 spiro atoms. The van der Waals surface area contributed by atoms with Crippen molar-refractivity contribution < 1.29 is 56.1 Å². The zero-order chi connectivity index (χ0) is 22.3. The molecule has 0 fully saturated rings. The molecule has 0 unspecified atom stereocenters. The second-order valence-corrected chi connectivity index (χ2v) is 8.28. The molecule has 0 aliphatic carbocycles. The van der Waals surface area contributed by atoms with Gasteiger partial charge in [0.1, 0.15) is 0 Å². The number of hydrogen-bond donors (Lipinski definition) is 1. The fourth-order valence-electron chi connectivity index (χ4n) is 3.36. The van der Waals surface area contributed by atoms with Crippen LogP contribution in [0.1, 0.15) is 64.9 Å².